The number of ether oxygens (including phenoxy) is 3. The molecule has 1 atom stereocenters. The van der Waals surface area contributed by atoms with Crippen LogP contribution in [-0.2, 0) is 19.6 Å². The Kier molecular flexibility index (Phi) is 7.70. The van der Waals surface area contributed by atoms with E-state index in [-0.39, 0.29) is 29.8 Å². The Morgan fingerprint density at radius 3 is 2.34 bits per heavy atom. The summed E-state index contributed by atoms with van der Waals surface area (Å²) in [5, 5.41) is 2.69. The molecule has 1 fully saturated rings. The summed E-state index contributed by atoms with van der Waals surface area (Å²) in [6.45, 7) is 6.36. The normalized spacial score (nSPS) is 15.9. The number of anilines is 1. The lowest BCUT2D eigenvalue weighted by Gasteiger charge is -2.26. The number of carbonyl (C=O) groups is 1. The average Bonchev–Trinajstić information content (AvgIpc) is 2.76. The Morgan fingerprint density at radius 2 is 1.72 bits per heavy atom. The van der Waals surface area contributed by atoms with Gasteiger partial charge in [0.2, 0.25) is 10.0 Å². The van der Waals surface area contributed by atoms with Gasteiger partial charge in [-0.2, -0.15) is 4.31 Å². The number of amides is 1. The summed E-state index contributed by atoms with van der Waals surface area (Å²) in [6.07, 6.45) is -1.12. The van der Waals surface area contributed by atoms with Gasteiger partial charge in [-0.15, -0.1) is 0 Å². The molecule has 0 spiro atoms. The van der Waals surface area contributed by atoms with Crippen LogP contribution >= 0.6 is 0 Å². The van der Waals surface area contributed by atoms with E-state index in [9.17, 15) is 17.6 Å². The van der Waals surface area contributed by atoms with Crippen LogP contribution in [0.2, 0.25) is 0 Å². The number of carbonyl (C=O) groups excluding carboxylic acids is 1. The van der Waals surface area contributed by atoms with Gasteiger partial charge < -0.3 is 19.5 Å². The van der Waals surface area contributed by atoms with Gasteiger partial charge in [-0.3, -0.25) is 4.79 Å². The summed E-state index contributed by atoms with van der Waals surface area (Å²) in [4.78, 5) is 12.8. The van der Waals surface area contributed by atoms with Gasteiger partial charge in [0.05, 0.1) is 29.9 Å². The molecule has 174 valence electrons. The van der Waals surface area contributed by atoms with E-state index in [1.165, 1.54) is 53.7 Å². The summed E-state index contributed by atoms with van der Waals surface area (Å²) in [7, 11) is -3.76. The number of rotatable bonds is 8. The molecule has 10 heteroatoms. The Hall–Kier alpha value is -2.69. The van der Waals surface area contributed by atoms with E-state index in [1.807, 2.05) is 13.8 Å². The molecule has 2 aromatic carbocycles. The molecule has 0 aliphatic carbocycles. The number of morpholine rings is 1. The van der Waals surface area contributed by atoms with Crippen LogP contribution in [0, 0.1) is 5.82 Å². The van der Waals surface area contributed by atoms with Crippen LogP contribution in [0.4, 0.5) is 10.1 Å². The molecule has 0 aromatic heterocycles. The molecule has 1 aliphatic heterocycles. The number of halogens is 1. The molecule has 32 heavy (non-hydrogen) atoms. The van der Waals surface area contributed by atoms with E-state index < -0.39 is 27.9 Å². The maximum absolute atomic E-state index is 13.1. The van der Waals surface area contributed by atoms with Gasteiger partial charge in [0, 0.05) is 13.1 Å². The molecule has 3 rings (SSSR count). The summed E-state index contributed by atoms with van der Waals surface area (Å²) in [5.74, 6) is -0.258. The van der Waals surface area contributed by atoms with E-state index in [4.69, 9.17) is 14.2 Å². The van der Waals surface area contributed by atoms with Crippen molar-refractivity contribution < 1.29 is 31.8 Å². The Balaban J connectivity index is 1.82. The minimum absolute atomic E-state index is 0.0397. The molecule has 1 heterocycles. The first-order valence-corrected chi connectivity index (χ1v) is 11.7. The zero-order chi connectivity index (χ0) is 23.3. The molecule has 1 amide bonds. The van der Waals surface area contributed by atoms with Crippen molar-refractivity contribution >= 4 is 21.6 Å². The van der Waals surface area contributed by atoms with Gasteiger partial charge in [0.15, 0.2) is 6.10 Å². The highest BCUT2D eigenvalue weighted by Gasteiger charge is 2.28. The minimum Gasteiger partial charge on any atom is -0.489 e. The molecule has 1 aliphatic rings. The number of nitrogens with one attached hydrogen (secondary N) is 1. The lowest BCUT2D eigenvalue weighted by atomic mass is 10.2. The van der Waals surface area contributed by atoms with Crippen molar-refractivity contribution in [3.63, 3.8) is 0 Å². The van der Waals surface area contributed by atoms with E-state index >= 15 is 0 Å². The van der Waals surface area contributed by atoms with Crippen LogP contribution in [-0.4, -0.2) is 57.1 Å². The van der Waals surface area contributed by atoms with Gasteiger partial charge in [0.1, 0.15) is 17.3 Å². The van der Waals surface area contributed by atoms with E-state index in [0.29, 0.717) is 24.7 Å². The van der Waals surface area contributed by atoms with Gasteiger partial charge >= 0.3 is 0 Å². The summed E-state index contributed by atoms with van der Waals surface area (Å²) in [5.41, 5.74) is 0.215. The SMILES string of the molecule is CC(C)Oc1ccc(S(=O)(=O)N2CCOCC2)cc1NC(=O)[C@H](C)Oc1ccc(F)cc1. The zero-order valence-corrected chi connectivity index (χ0v) is 19.0. The van der Waals surface area contributed by atoms with Gasteiger partial charge in [-0.1, -0.05) is 0 Å². The third-order valence-electron chi connectivity index (χ3n) is 4.68. The predicted octanol–water partition coefficient (Wildman–Crippen LogP) is 3.04. The monoisotopic (exact) mass is 466 g/mol. The number of hydrogen-bond donors (Lipinski definition) is 1. The second kappa shape index (κ2) is 10.3. The van der Waals surface area contributed by atoms with Crippen LogP contribution in [0.5, 0.6) is 11.5 Å². The van der Waals surface area contributed by atoms with E-state index in [1.54, 1.807) is 0 Å². The van der Waals surface area contributed by atoms with Crippen LogP contribution in [0.25, 0.3) is 0 Å². The molecule has 1 N–H and O–H groups in total. The fraction of sp³-hybridized carbons (Fsp3) is 0.409. The third-order valence-corrected chi connectivity index (χ3v) is 6.57. The lowest BCUT2D eigenvalue weighted by molar-refractivity contribution is -0.122. The molecule has 0 saturated carbocycles. The quantitative estimate of drug-likeness (QED) is 0.643. The van der Waals surface area contributed by atoms with E-state index in [0.717, 1.165) is 0 Å². The van der Waals surface area contributed by atoms with Gasteiger partial charge in [-0.05, 0) is 63.2 Å². The molecular formula is C22H27FN2O6S. The topological polar surface area (TPSA) is 94.2 Å². The smallest absolute Gasteiger partial charge is 0.265 e. The van der Waals surface area contributed by atoms with Crippen LogP contribution in [0.1, 0.15) is 20.8 Å². The Labute approximate surface area is 187 Å². The lowest BCUT2D eigenvalue weighted by Crippen LogP contribution is -2.40. The molecule has 0 bridgehead atoms. The summed E-state index contributed by atoms with van der Waals surface area (Å²) in [6, 6.07) is 9.66. The highest BCUT2D eigenvalue weighted by molar-refractivity contribution is 7.89. The van der Waals surface area contributed by atoms with E-state index in [2.05, 4.69) is 5.32 Å². The minimum atomic E-state index is -3.76. The molecule has 1 saturated heterocycles. The fourth-order valence-corrected chi connectivity index (χ4v) is 4.50. The first kappa shape index (κ1) is 24.0. The molecule has 2 aromatic rings. The largest absolute Gasteiger partial charge is 0.489 e. The van der Waals surface area contributed by atoms with Crippen molar-refractivity contribution in [2.75, 3.05) is 31.6 Å². The fourth-order valence-electron chi connectivity index (χ4n) is 3.07. The molecular weight excluding hydrogens is 439 g/mol. The van der Waals surface area contributed by atoms with Gasteiger partial charge in [0.25, 0.3) is 5.91 Å². The Bertz CT molecular complexity index is 1040. The predicted molar refractivity (Wildman–Crippen MR) is 117 cm³/mol. The van der Waals surface area contributed by atoms with Crippen LogP contribution < -0.4 is 14.8 Å². The number of sulfonamides is 1. The number of hydrogen-bond acceptors (Lipinski definition) is 6. The van der Waals surface area contributed by atoms with Crippen LogP contribution in [0.3, 0.4) is 0 Å². The molecule has 8 nitrogen and oxygen atoms in total. The first-order valence-electron chi connectivity index (χ1n) is 10.3. The Morgan fingerprint density at radius 1 is 1.06 bits per heavy atom. The molecule has 0 unspecified atom stereocenters. The van der Waals surface area contributed by atoms with Crippen molar-refractivity contribution in [3.8, 4) is 11.5 Å². The summed E-state index contributed by atoms with van der Waals surface area (Å²) >= 11 is 0. The standard InChI is InChI=1S/C22H27FN2O6S/c1-15(2)30-21-9-8-19(32(27,28)25-10-12-29-13-11-25)14-20(21)24-22(26)16(3)31-18-6-4-17(23)5-7-18/h4-9,14-16H,10-13H2,1-3H3,(H,24,26)/t16-/m0/s1. The zero-order valence-electron chi connectivity index (χ0n) is 18.2. The number of nitrogens with zero attached hydrogens (tertiary/aromatic N) is 1. The number of benzene rings is 2. The van der Waals surface area contributed by atoms with Crippen molar-refractivity contribution in [2.24, 2.45) is 0 Å². The second-order valence-corrected chi connectivity index (χ2v) is 9.48. The second-order valence-electron chi connectivity index (χ2n) is 7.54. The summed E-state index contributed by atoms with van der Waals surface area (Å²) < 4.78 is 57.0. The van der Waals surface area contributed by atoms with Crippen molar-refractivity contribution in [1.29, 1.82) is 0 Å². The maximum atomic E-state index is 13.1. The van der Waals surface area contributed by atoms with Crippen molar-refractivity contribution in [3.05, 3.63) is 48.3 Å². The van der Waals surface area contributed by atoms with Crippen molar-refractivity contribution in [1.82, 2.24) is 4.31 Å². The van der Waals surface area contributed by atoms with Crippen molar-refractivity contribution in [2.45, 2.75) is 37.9 Å². The maximum Gasteiger partial charge on any atom is 0.265 e. The van der Waals surface area contributed by atoms with Gasteiger partial charge in [-0.25, -0.2) is 12.8 Å². The third kappa shape index (κ3) is 5.96. The highest BCUT2D eigenvalue weighted by atomic mass is 32.2. The van der Waals surface area contributed by atoms with Crippen LogP contribution in [0.15, 0.2) is 47.4 Å². The highest BCUT2D eigenvalue weighted by Crippen LogP contribution is 2.30. The average molecular weight is 467 g/mol. The molecule has 0 radical (unpaired) electrons. The first-order chi connectivity index (χ1) is 15.2.